The van der Waals surface area contributed by atoms with Gasteiger partial charge in [0.25, 0.3) is 0 Å². The van der Waals surface area contributed by atoms with Crippen molar-refractivity contribution in [3.05, 3.63) is 64.3 Å². The van der Waals surface area contributed by atoms with Crippen LogP contribution in [0.3, 0.4) is 0 Å². The lowest BCUT2D eigenvalue weighted by molar-refractivity contribution is -0.708. The van der Waals surface area contributed by atoms with Gasteiger partial charge < -0.3 is 9.73 Å². The molecule has 0 aliphatic rings. The third kappa shape index (κ3) is 3.53. The normalized spacial score (nSPS) is 12.5. The Morgan fingerprint density at radius 2 is 2.10 bits per heavy atom. The van der Waals surface area contributed by atoms with Gasteiger partial charge in [-0.2, -0.15) is 0 Å². The van der Waals surface area contributed by atoms with Crippen molar-refractivity contribution in [1.29, 1.82) is 0 Å². The second kappa shape index (κ2) is 6.43. The molecular weight excluding hydrogens is 304 g/mol. The van der Waals surface area contributed by atoms with Crippen LogP contribution in [0.25, 0.3) is 10.8 Å². The van der Waals surface area contributed by atoms with Gasteiger partial charge in [0.2, 0.25) is 5.89 Å². The van der Waals surface area contributed by atoms with E-state index in [4.69, 9.17) is 16.0 Å². The lowest BCUT2D eigenvalue weighted by Gasteiger charge is -2.09. The van der Waals surface area contributed by atoms with Gasteiger partial charge in [-0.1, -0.05) is 29.8 Å². The molecule has 2 heterocycles. The van der Waals surface area contributed by atoms with Crippen molar-refractivity contribution in [1.82, 2.24) is 4.98 Å². The van der Waals surface area contributed by atoms with E-state index in [-0.39, 0.29) is 0 Å². The van der Waals surface area contributed by atoms with Gasteiger partial charge in [0.15, 0.2) is 0 Å². The molecule has 3 aromatic rings. The third-order valence-electron chi connectivity index (χ3n) is 3.36. The van der Waals surface area contributed by atoms with Gasteiger partial charge in [-0.15, -0.1) is 11.3 Å². The second-order valence-corrected chi connectivity index (χ2v) is 6.29. The maximum absolute atomic E-state index is 5.91. The van der Waals surface area contributed by atoms with Gasteiger partial charge in [-0.3, -0.25) is 0 Å². The monoisotopic (exact) mass is 319 g/mol. The van der Waals surface area contributed by atoms with Crippen LogP contribution in [-0.2, 0) is 6.54 Å². The summed E-state index contributed by atoms with van der Waals surface area (Å²) >= 11 is 7.54. The molecule has 1 aromatic carbocycles. The van der Waals surface area contributed by atoms with Gasteiger partial charge in [-0.05, 0) is 30.5 Å². The fraction of sp³-hybridized carbons (Fsp3) is 0.188. The number of hydrogen-bond donors (Lipinski definition) is 1. The molecule has 0 saturated heterocycles. The minimum atomic E-state index is 0.351. The van der Waals surface area contributed by atoms with Gasteiger partial charge in [-0.25, -0.2) is 4.98 Å². The molecule has 1 atom stereocenters. The molecule has 0 saturated carbocycles. The number of oxazole rings is 1. The van der Waals surface area contributed by atoms with E-state index in [0.29, 0.717) is 11.9 Å². The van der Waals surface area contributed by atoms with Gasteiger partial charge in [0.05, 0.1) is 4.88 Å². The Hall–Kier alpha value is -1.62. The lowest BCUT2D eigenvalue weighted by Crippen LogP contribution is -2.83. The maximum atomic E-state index is 5.91. The average Bonchev–Trinajstić information content (AvgIpc) is 3.16. The summed E-state index contributed by atoms with van der Waals surface area (Å²) in [6, 6.07) is 12.3. The van der Waals surface area contributed by atoms with Crippen LogP contribution in [-0.4, -0.2) is 4.98 Å². The first kappa shape index (κ1) is 14.3. The number of benzene rings is 1. The summed E-state index contributed by atoms with van der Waals surface area (Å²) in [6.07, 6.45) is 1.74. The highest BCUT2D eigenvalue weighted by Crippen LogP contribution is 2.23. The summed E-state index contributed by atoms with van der Waals surface area (Å²) in [4.78, 5) is 5.59. The molecule has 0 radical (unpaired) electrons. The molecule has 0 unspecified atom stereocenters. The minimum absolute atomic E-state index is 0.351. The topological polar surface area (TPSA) is 42.6 Å². The summed E-state index contributed by atoms with van der Waals surface area (Å²) in [5, 5.41) is 5.02. The zero-order valence-corrected chi connectivity index (χ0v) is 13.2. The number of quaternary nitrogens is 1. The number of halogens is 1. The van der Waals surface area contributed by atoms with E-state index >= 15 is 0 Å². The van der Waals surface area contributed by atoms with Crippen LogP contribution in [0.2, 0.25) is 5.02 Å². The molecule has 3 nitrogen and oxygen atoms in total. The zero-order chi connectivity index (χ0) is 14.7. The Morgan fingerprint density at radius 1 is 1.29 bits per heavy atom. The molecule has 0 fully saturated rings. The fourth-order valence-corrected chi connectivity index (χ4v) is 2.90. The first-order valence-corrected chi connectivity index (χ1v) is 8.05. The Labute approximate surface area is 132 Å². The van der Waals surface area contributed by atoms with Crippen LogP contribution in [0.1, 0.15) is 24.2 Å². The number of nitrogens with zero attached hydrogens (tertiary/aromatic N) is 1. The molecule has 5 heteroatoms. The molecule has 0 spiro atoms. The predicted octanol–water partition coefficient (Wildman–Crippen LogP) is 3.88. The van der Waals surface area contributed by atoms with Crippen LogP contribution >= 0.6 is 22.9 Å². The summed E-state index contributed by atoms with van der Waals surface area (Å²) in [5.74, 6) is 0.701. The lowest BCUT2D eigenvalue weighted by atomic mass is 10.1. The second-order valence-electron chi connectivity index (χ2n) is 4.90. The first-order valence-electron chi connectivity index (χ1n) is 6.79. The van der Waals surface area contributed by atoms with E-state index in [9.17, 15) is 0 Å². The summed E-state index contributed by atoms with van der Waals surface area (Å²) in [5.41, 5.74) is 2.21. The summed E-state index contributed by atoms with van der Waals surface area (Å²) < 4.78 is 5.52. The molecule has 108 valence electrons. The maximum Gasteiger partial charge on any atom is 0.236 e. The highest BCUT2D eigenvalue weighted by atomic mass is 35.5. The van der Waals surface area contributed by atoms with Crippen molar-refractivity contribution in [2.24, 2.45) is 0 Å². The third-order valence-corrected chi connectivity index (χ3v) is 4.47. The molecule has 2 N–H and O–H groups in total. The SMILES string of the molecule is C[C@@H]([NH2+]Cc1coc(-c2cccs2)n1)c1ccc(Cl)cc1. The van der Waals surface area contributed by atoms with Crippen molar-refractivity contribution in [3.63, 3.8) is 0 Å². The van der Waals surface area contributed by atoms with Gasteiger partial charge >= 0.3 is 0 Å². The number of nitrogens with two attached hydrogens (primary N) is 1. The molecule has 0 amide bonds. The van der Waals surface area contributed by atoms with Gasteiger partial charge in [0.1, 0.15) is 24.5 Å². The highest BCUT2D eigenvalue weighted by molar-refractivity contribution is 7.13. The number of aromatic nitrogens is 1. The number of hydrogen-bond acceptors (Lipinski definition) is 3. The molecule has 0 bridgehead atoms. The largest absolute Gasteiger partial charge is 0.443 e. The van der Waals surface area contributed by atoms with E-state index in [1.807, 2.05) is 29.6 Å². The van der Waals surface area contributed by atoms with Crippen LogP contribution in [0.5, 0.6) is 0 Å². The zero-order valence-electron chi connectivity index (χ0n) is 11.6. The number of thiophene rings is 1. The van der Waals surface area contributed by atoms with Crippen LogP contribution in [0.15, 0.2) is 52.5 Å². The number of rotatable bonds is 5. The average molecular weight is 320 g/mol. The van der Waals surface area contributed by atoms with E-state index in [1.165, 1.54) is 5.56 Å². The van der Waals surface area contributed by atoms with Crippen molar-refractivity contribution < 1.29 is 9.73 Å². The molecule has 0 aliphatic carbocycles. The first-order chi connectivity index (χ1) is 10.2. The highest BCUT2D eigenvalue weighted by Gasteiger charge is 2.12. The summed E-state index contributed by atoms with van der Waals surface area (Å²) in [6.45, 7) is 2.96. The minimum Gasteiger partial charge on any atom is -0.443 e. The van der Waals surface area contributed by atoms with Crippen molar-refractivity contribution in [2.75, 3.05) is 0 Å². The van der Waals surface area contributed by atoms with E-state index in [1.54, 1.807) is 17.6 Å². The van der Waals surface area contributed by atoms with Crippen molar-refractivity contribution in [3.8, 4) is 10.8 Å². The smallest absolute Gasteiger partial charge is 0.236 e. The standard InChI is InChI=1S/C16H15ClN2OS/c1-11(12-4-6-13(17)7-5-12)18-9-14-10-20-16(19-14)15-3-2-8-21-15/h2-8,10-11,18H,9H2,1H3/p+1/t11-/m1/s1. The van der Waals surface area contributed by atoms with E-state index in [2.05, 4.69) is 29.4 Å². The Bertz CT molecular complexity index is 691. The van der Waals surface area contributed by atoms with Crippen molar-refractivity contribution in [2.45, 2.75) is 19.5 Å². The predicted molar refractivity (Wildman–Crippen MR) is 85.3 cm³/mol. The Balaban J connectivity index is 1.61. The van der Waals surface area contributed by atoms with Crippen molar-refractivity contribution >= 4 is 22.9 Å². The molecule has 21 heavy (non-hydrogen) atoms. The quantitative estimate of drug-likeness (QED) is 0.775. The molecule has 0 aliphatic heterocycles. The molecule has 2 aromatic heterocycles. The summed E-state index contributed by atoms with van der Waals surface area (Å²) in [7, 11) is 0. The van der Waals surface area contributed by atoms with E-state index in [0.717, 1.165) is 22.1 Å². The Kier molecular flexibility index (Phi) is 4.39. The van der Waals surface area contributed by atoms with Crippen LogP contribution in [0, 0.1) is 0 Å². The van der Waals surface area contributed by atoms with E-state index < -0.39 is 0 Å². The Morgan fingerprint density at radius 3 is 2.81 bits per heavy atom. The van der Waals surface area contributed by atoms with Gasteiger partial charge in [0, 0.05) is 10.6 Å². The fourth-order valence-electron chi connectivity index (χ4n) is 2.11. The van der Waals surface area contributed by atoms with Crippen LogP contribution < -0.4 is 5.32 Å². The molecule has 3 rings (SSSR count). The van der Waals surface area contributed by atoms with Crippen LogP contribution in [0.4, 0.5) is 0 Å². The molecular formula is C16H16ClN2OS+.